The molecule has 0 aliphatic heterocycles. The Morgan fingerprint density at radius 2 is 1.71 bits per heavy atom. The van der Waals surface area contributed by atoms with Crippen LogP contribution in [0.3, 0.4) is 0 Å². The molecular weight excluding hydrogens is 554 g/mol. The molecule has 0 unspecified atom stereocenters. The summed E-state index contributed by atoms with van der Waals surface area (Å²) in [4.78, 5) is 15.3. The summed E-state index contributed by atoms with van der Waals surface area (Å²) in [7, 11) is 0. The summed E-state index contributed by atoms with van der Waals surface area (Å²) in [6, 6.07) is 15.3. The Morgan fingerprint density at radius 1 is 0.964 bits per heavy atom. The molecule has 0 saturated carbocycles. The van der Waals surface area contributed by atoms with E-state index in [2.05, 4.69) is 63.0 Å². The lowest BCUT2D eigenvalue weighted by Crippen LogP contribution is -1.99. The number of amides is 1. The van der Waals surface area contributed by atoms with Crippen molar-refractivity contribution in [2.45, 2.75) is 6.42 Å². The number of aromatic nitrogens is 1. The second-order valence-electron chi connectivity index (χ2n) is 6.15. The second kappa shape index (κ2) is 7.77. The van der Waals surface area contributed by atoms with Gasteiger partial charge in [0.2, 0.25) is 5.88 Å². The number of halogens is 3. The number of aromatic hydroxyl groups is 1. The van der Waals surface area contributed by atoms with Crippen LogP contribution in [0.1, 0.15) is 5.56 Å². The first-order valence-electron chi connectivity index (χ1n) is 8.24. The van der Waals surface area contributed by atoms with Crippen LogP contribution in [-0.2, 0) is 11.2 Å². The SMILES string of the molecule is O=C(Cc1ccc(Br)c2ccccc12)N=Nc1c(O)[nH]c2c(Br)cc(Br)cc12. The molecule has 28 heavy (non-hydrogen) atoms. The van der Waals surface area contributed by atoms with Gasteiger partial charge in [-0.3, -0.25) is 4.79 Å². The molecule has 0 spiro atoms. The van der Waals surface area contributed by atoms with Crippen LogP contribution in [0.2, 0.25) is 0 Å². The zero-order valence-electron chi connectivity index (χ0n) is 14.2. The number of nitrogens with zero attached hydrogens (tertiary/aromatic N) is 2. The third kappa shape index (κ3) is 3.64. The Balaban J connectivity index is 1.65. The van der Waals surface area contributed by atoms with Gasteiger partial charge in [0.1, 0.15) is 0 Å². The van der Waals surface area contributed by atoms with E-state index in [0.29, 0.717) is 10.9 Å². The number of nitrogens with one attached hydrogen (secondary N) is 1. The number of azo groups is 1. The van der Waals surface area contributed by atoms with E-state index in [1.807, 2.05) is 42.5 Å². The molecule has 140 valence electrons. The van der Waals surface area contributed by atoms with Gasteiger partial charge in [0, 0.05) is 18.8 Å². The van der Waals surface area contributed by atoms with Crippen molar-refractivity contribution in [1.29, 1.82) is 0 Å². The van der Waals surface area contributed by atoms with Crippen LogP contribution in [0.5, 0.6) is 5.88 Å². The zero-order valence-corrected chi connectivity index (χ0v) is 19.0. The molecule has 0 aliphatic rings. The second-order valence-corrected chi connectivity index (χ2v) is 8.78. The van der Waals surface area contributed by atoms with Crippen LogP contribution >= 0.6 is 47.8 Å². The maximum atomic E-state index is 12.4. The highest BCUT2D eigenvalue weighted by Crippen LogP contribution is 2.40. The van der Waals surface area contributed by atoms with Crippen LogP contribution in [0, 0.1) is 0 Å². The number of aromatic amines is 1. The summed E-state index contributed by atoms with van der Waals surface area (Å²) in [6.45, 7) is 0. The van der Waals surface area contributed by atoms with Crippen LogP contribution in [-0.4, -0.2) is 16.0 Å². The lowest BCUT2D eigenvalue weighted by Gasteiger charge is -2.06. The van der Waals surface area contributed by atoms with Crippen molar-refractivity contribution in [2.24, 2.45) is 10.2 Å². The van der Waals surface area contributed by atoms with Crippen molar-refractivity contribution >= 4 is 81.1 Å². The Bertz CT molecular complexity index is 1260. The van der Waals surface area contributed by atoms with Gasteiger partial charge >= 0.3 is 0 Å². The van der Waals surface area contributed by atoms with Crippen molar-refractivity contribution in [3.63, 3.8) is 0 Å². The first-order chi connectivity index (χ1) is 13.4. The molecule has 4 aromatic rings. The van der Waals surface area contributed by atoms with Gasteiger partial charge in [0.15, 0.2) is 5.69 Å². The van der Waals surface area contributed by atoms with E-state index in [-0.39, 0.29) is 18.0 Å². The van der Waals surface area contributed by atoms with E-state index in [1.54, 1.807) is 6.07 Å². The molecule has 0 fully saturated rings. The Hall–Kier alpha value is -2.03. The highest BCUT2D eigenvalue weighted by Gasteiger charge is 2.15. The molecule has 1 heterocycles. The van der Waals surface area contributed by atoms with Crippen molar-refractivity contribution < 1.29 is 9.90 Å². The average molecular weight is 566 g/mol. The molecule has 5 nitrogen and oxygen atoms in total. The summed E-state index contributed by atoms with van der Waals surface area (Å²) in [5.41, 5.74) is 1.78. The van der Waals surface area contributed by atoms with Crippen LogP contribution in [0.4, 0.5) is 5.69 Å². The van der Waals surface area contributed by atoms with Crippen LogP contribution < -0.4 is 0 Å². The molecule has 0 saturated heterocycles. The first-order valence-corrected chi connectivity index (χ1v) is 10.6. The molecule has 8 heteroatoms. The van der Waals surface area contributed by atoms with Gasteiger partial charge < -0.3 is 10.1 Å². The lowest BCUT2D eigenvalue weighted by molar-refractivity contribution is -0.117. The predicted octanol–water partition coefficient (Wildman–Crippen LogP) is 7.17. The fourth-order valence-electron chi connectivity index (χ4n) is 3.08. The monoisotopic (exact) mass is 563 g/mol. The molecule has 2 N–H and O–H groups in total. The van der Waals surface area contributed by atoms with Crippen LogP contribution in [0.15, 0.2) is 72.2 Å². The Kier molecular flexibility index (Phi) is 5.35. The molecule has 1 aromatic heterocycles. The first kappa shape index (κ1) is 19.3. The molecule has 1 amide bonds. The van der Waals surface area contributed by atoms with Crippen LogP contribution in [0.25, 0.3) is 21.7 Å². The fourth-order valence-corrected chi connectivity index (χ4v) is 4.88. The van der Waals surface area contributed by atoms with Gasteiger partial charge in [-0.2, -0.15) is 0 Å². The number of hydrogen-bond acceptors (Lipinski definition) is 3. The largest absolute Gasteiger partial charge is 0.493 e. The molecule has 0 atom stereocenters. The molecular formula is C20H12Br3N3O2. The zero-order chi connectivity index (χ0) is 19.8. The Morgan fingerprint density at radius 3 is 2.50 bits per heavy atom. The van der Waals surface area contributed by atoms with Crippen molar-refractivity contribution in [1.82, 2.24) is 4.98 Å². The summed E-state index contributed by atoms with van der Waals surface area (Å²) in [5, 5.41) is 20.7. The molecule has 0 radical (unpaired) electrons. The van der Waals surface area contributed by atoms with Gasteiger partial charge in [-0.05, 0) is 50.5 Å². The highest BCUT2D eigenvalue weighted by atomic mass is 79.9. The van der Waals surface area contributed by atoms with Crippen molar-refractivity contribution in [3.8, 4) is 5.88 Å². The third-order valence-corrected chi connectivity index (χ3v) is 6.12. The normalized spacial score (nSPS) is 11.7. The molecule has 4 rings (SSSR count). The van der Waals surface area contributed by atoms with E-state index < -0.39 is 5.91 Å². The third-order valence-electron chi connectivity index (χ3n) is 4.34. The standard InChI is InChI=1S/C20H12Br3N3O2/c21-11-8-14-18(16(23)9-11)24-20(28)19(14)26-25-17(27)7-10-5-6-15(22)13-4-2-1-3-12(10)13/h1-6,8-9,24,28H,7H2. The lowest BCUT2D eigenvalue weighted by atomic mass is 10.0. The minimum atomic E-state index is -0.393. The molecule has 0 aliphatic carbocycles. The van der Waals surface area contributed by atoms with E-state index >= 15 is 0 Å². The maximum absolute atomic E-state index is 12.4. The minimum absolute atomic E-state index is 0.119. The number of carbonyl (C=O) groups is 1. The number of fused-ring (bicyclic) bond motifs is 2. The van der Waals surface area contributed by atoms with E-state index in [0.717, 1.165) is 29.8 Å². The fraction of sp³-hybridized carbons (Fsp3) is 0.0500. The number of rotatable bonds is 3. The topological polar surface area (TPSA) is 77.8 Å². The Labute approximate surface area is 185 Å². The van der Waals surface area contributed by atoms with Gasteiger partial charge in [-0.25, -0.2) is 0 Å². The van der Waals surface area contributed by atoms with Gasteiger partial charge in [0.25, 0.3) is 5.91 Å². The number of hydrogen-bond donors (Lipinski definition) is 2. The molecule has 0 bridgehead atoms. The predicted molar refractivity (Wildman–Crippen MR) is 120 cm³/mol. The quantitative estimate of drug-likeness (QED) is 0.258. The van der Waals surface area contributed by atoms with E-state index in [1.165, 1.54) is 0 Å². The summed E-state index contributed by atoms with van der Waals surface area (Å²) >= 11 is 10.4. The van der Waals surface area contributed by atoms with Crippen molar-refractivity contribution in [2.75, 3.05) is 0 Å². The highest BCUT2D eigenvalue weighted by molar-refractivity contribution is 9.11. The smallest absolute Gasteiger partial charge is 0.269 e. The van der Waals surface area contributed by atoms with Gasteiger partial charge in [-0.1, -0.05) is 62.2 Å². The summed E-state index contributed by atoms with van der Waals surface area (Å²) in [5.74, 6) is -0.533. The maximum Gasteiger partial charge on any atom is 0.269 e. The van der Waals surface area contributed by atoms with Gasteiger partial charge in [-0.15, -0.1) is 10.2 Å². The summed E-state index contributed by atoms with van der Waals surface area (Å²) < 4.78 is 2.55. The number of H-pyrrole nitrogens is 1. The van der Waals surface area contributed by atoms with Gasteiger partial charge in [0.05, 0.1) is 11.9 Å². The summed E-state index contributed by atoms with van der Waals surface area (Å²) in [6.07, 6.45) is 0.119. The van der Waals surface area contributed by atoms with Crippen molar-refractivity contribution in [3.05, 3.63) is 67.5 Å². The minimum Gasteiger partial charge on any atom is -0.493 e. The average Bonchev–Trinajstić information content (AvgIpc) is 2.98. The van der Waals surface area contributed by atoms with E-state index in [9.17, 15) is 9.90 Å². The number of carbonyl (C=O) groups excluding carboxylic acids is 1. The van der Waals surface area contributed by atoms with E-state index in [4.69, 9.17) is 0 Å². The number of benzene rings is 3. The molecule has 3 aromatic carbocycles.